The second-order valence-electron chi connectivity index (χ2n) is 5.66. The molecule has 1 fully saturated rings. The summed E-state index contributed by atoms with van der Waals surface area (Å²) in [6.45, 7) is 9.43. The van der Waals surface area contributed by atoms with Crippen LogP contribution in [0.1, 0.15) is 47.0 Å². The SMILES string of the molecule is CCCCC(N)C(=O)N1CC(C)OC(C)(C)C1. The van der Waals surface area contributed by atoms with Crippen LogP contribution in [0.25, 0.3) is 0 Å². The Morgan fingerprint density at radius 2 is 2.24 bits per heavy atom. The Morgan fingerprint density at radius 1 is 1.59 bits per heavy atom. The van der Waals surface area contributed by atoms with E-state index in [9.17, 15) is 4.79 Å². The molecule has 1 aliphatic heterocycles. The van der Waals surface area contributed by atoms with Gasteiger partial charge in [0.25, 0.3) is 0 Å². The molecule has 1 saturated heterocycles. The molecular formula is C13H26N2O2. The molecule has 2 N–H and O–H groups in total. The largest absolute Gasteiger partial charge is 0.369 e. The first-order valence-electron chi connectivity index (χ1n) is 6.58. The molecule has 2 atom stereocenters. The van der Waals surface area contributed by atoms with Crippen LogP contribution >= 0.6 is 0 Å². The number of nitrogens with two attached hydrogens (primary N) is 1. The lowest BCUT2D eigenvalue weighted by molar-refractivity contribution is -0.159. The van der Waals surface area contributed by atoms with E-state index in [2.05, 4.69) is 6.92 Å². The molecule has 0 radical (unpaired) electrons. The lowest BCUT2D eigenvalue weighted by Crippen LogP contribution is -2.57. The molecule has 0 aromatic heterocycles. The van der Waals surface area contributed by atoms with Crippen LogP contribution in [0.2, 0.25) is 0 Å². The Morgan fingerprint density at radius 3 is 2.76 bits per heavy atom. The average Bonchev–Trinajstić information content (AvgIpc) is 2.21. The lowest BCUT2D eigenvalue weighted by atomic mass is 10.0. The molecule has 100 valence electrons. The van der Waals surface area contributed by atoms with Crippen molar-refractivity contribution in [3.63, 3.8) is 0 Å². The van der Waals surface area contributed by atoms with Crippen molar-refractivity contribution in [2.24, 2.45) is 5.73 Å². The second-order valence-corrected chi connectivity index (χ2v) is 5.66. The fourth-order valence-electron chi connectivity index (χ4n) is 2.40. The number of morpholine rings is 1. The van der Waals surface area contributed by atoms with Crippen molar-refractivity contribution in [1.82, 2.24) is 4.90 Å². The summed E-state index contributed by atoms with van der Waals surface area (Å²) in [4.78, 5) is 14.0. The van der Waals surface area contributed by atoms with Crippen molar-refractivity contribution in [2.45, 2.75) is 64.7 Å². The van der Waals surface area contributed by atoms with E-state index in [1.54, 1.807) is 0 Å². The first-order chi connectivity index (χ1) is 7.85. The van der Waals surface area contributed by atoms with E-state index in [1.807, 2.05) is 25.7 Å². The Bertz CT molecular complexity index is 266. The van der Waals surface area contributed by atoms with Gasteiger partial charge in [-0.25, -0.2) is 0 Å². The van der Waals surface area contributed by atoms with Crippen molar-refractivity contribution in [3.05, 3.63) is 0 Å². The summed E-state index contributed by atoms with van der Waals surface area (Å²) >= 11 is 0. The van der Waals surface area contributed by atoms with Gasteiger partial charge in [-0.2, -0.15) is 0 Å². The molecular weight excluding hydrogens is 216 g/mol. The minimum atomic E-state index is -0.351. The Hall–Kier alpha value is -0.610. The van der Waals surface area contributed by atoms with E-state index < -0.39 is 0 Å². The number of carbonyl (C=O) groups excluding carboxylic acids is 1. The first-order valence-corrected chi connectivity index (χ1v) is 6.58. The molecule has 0 spiro atoms. The highest BCUT2D eigenvalue weighted by Crippen LogP contribution is 2.21. The minimum Gasteiger partial charge on any atom is -0.369 e. The fourth-order valence-corrected chi connectivity index (χ4v) is 2.40. The lowest BCUT2D eigenvalue weighted by Gasteiger charge is -2.42. The molecule has 4 nitrogen and oxygen atoms in total. The van der Waals surface area contributed by atoms with Crippen LogP contribution in [0.3, 0.4) is 0 Å². The van der Waals surface area contributed by atoms with Crippen LogP contribution in [-0.2, 0) is 9.53 Å². The monoisotopic (exact) mass is 242 g/mol. The molecule has 1 aliphatic rings. The molecule has 0 aromatic rings. The maximum atomic E-state index is 12.2. The van der Waals surface area contributed by atoms with Gasteiger partial charge in [0.2, 0.25) is 5.91 Å². The highest BCUT2D eigenvalue weighted by atomic mass is 16.5. The number of rotatable bonds is 4. The molecule has 1 rings (SSSR count). The topological polar surface area (TPSA) is 55.6 Å². The molecule has 2 unspecified atom stereocenters. The molecule has 0 aromatic carbocycles. The van der Waals surface area contributed by atoms with E-state index in [-0.39, 0.29) is 23.7 Å². The van der Waals surface area contributed by atoms with Gasteiger partial charge in [-0.1, -0.05) is 19.8 Å². The van der Waals surface area contributed by atoms with Crippen LogP contribution < -0.4 is 5.73 Å². The number of ether oxygens (including phenoxy) is 1. The molecule has 0 saturated carbocycles. The number of carbonyl (C=O) groups is 1. The third-order valence-electron chi connectivity index (χ3n) is 3.07. The van der Waals surface area contributed by atoms with Crippen molar-refractivity contribution >= 4 is 5.91 Å². The Kier molecular flexibility index (Phi) is 4.95. The maximum absolute atomic E-state index is 12.2. The van der Waals surface area contributed by atoms with Crippen LogP contribution in [-0.4, -0.2) is 41.6 Å². The van der Waals surface area contributed by atoms with E-state index in [0.717, 1.165) is 19.3 Å². The Balaban J connectivity index is 2.56. The van der Waals surface area contributed by atoms with Gasteiger partial charge in [-0.05, 0) is 27.2 Å². The van der Waals surface area contributed by atoms with E-state index in [1.165, 1.54) is 0 Å². The van der Waals surface area contributed by atoms with E-state index >= 15 is 0 Å². The molecule has 1 amide bonds. The van der Waals surface area contributed by atoms with Crippen molar-refractivity contribution in [1.29, 1.82) is 0 Å². The smallest absolute Gasteiger partial charge is 0.239 e. The zero-order valence-corrected chi connectivity index (χ0v) is 11.5. The van der Waals surface area contributed by atoms with Crippen molar-refractivity contribution in [2.75, 3.05) is 13.1 Å². The minimum absolute atomic E-state index is 0.0710. The van der Waals surface area contributed by atoms with Gasteiger partial charge < -0.3 is 15.4 Å². The highest BCUT2D eigenvalue weighted by molar-refractivity contribution is 5.81. The van der Waals surface area contributed by atoms with Gasteiger partial charge in [0.1, 0.15) is 0 Å². The van der Waals surface area contributed by atoms with Crippen LogP contribution in [0, 0.1) is 0 Å². The van der Waals surface area contributed by atoms with Crippen LogP contribution in [0.15, 0.2) is 0 Å². The zero-order valence-electron chi connectivity index (χ0n) is 11.5. The summed E-state index contributed by atoms with van der Waals surface area (Å²) in [5.74, 6) is 0.0710. The molecule has 4 heteroatoms. The maximum Gasteiger partial charge on any atom is 0.239 e. The summed E-state index contributed by atoms with van der Waals surface area (Å²) < 4.78 is 5.78. The number of unbranched alkanes of at least 4 members (excludes halogenated alkanes) is 1. The third-order valence-corrected chi connectivity index (χ3v) is 3.07. The van der Waals surface area contributed by atoms with Crippen LogP contribution in [0.5, 0.6) is 0 Å². The third kappa shape index (κ3) is 4.28. The van der Waals surface area contributed by atoms with Crippen LogP contribution in [0.4, 0.5) is 0 Å². The van der Waals surface area contributed by atoms with E-state index in [0.29, 0.717) is 13.1 Å². The predicted molar refractivity (Wildman–Crippen MR) is 68.7 cm³/mol. The van der Waals surface area contributed by atoms with Crippen molar-refractivity contribution < 1.29 is 9.53 Å². The standard InChI is InChI=1S/C13H26N2O2/c1-5-6-7-11(14)12(16)15-8-10(2)17-13(3,4)9-15/h10-11H,5-9,14H2,1-4H3. The molecule has 0 aliphatic carbocycles. The van der Waals surface area contributed by atoms with Gasteiger partial charge in [0.05, 0.1) is 17.7 Å². The van der Waals surface area contributed by atoms with Gasteiger partial charge in [0, 0.05) is 13.1 Å². The predicted octanol–water partition coefficient (Wildman–Crippen LogP) is 1.53. The van der Waals surface area contributed by atoms with E-state index in [4.69, 9.17) is 10.5 Å². The zero-order chi connectivity index (χ0) is 13.1. The second kappa shape index (κ2) is 5.83. The number of hydrogen-bond donors (Lipinski definition) is 1. The molecule has 1 heterocycles. The van der Waals surface area contributed by atoms with Gasteiger partial charge in [-0.3, -0.25) is 4.79 Å². The summed E-state index contributed by atoms with van der Waals surface area (Å²) in [7, 11) is 0. The summed E-state index contributed by atoms with van der Waals surface area (Å²) in [5, 5.41) is 0. The number of hydrogen-bond acceptors (Lipinski definition) is 3. The van der Waals surface area contributed by atoms with Gasteiger partial charge >= 0.3 is 0 Å². The summed E-state index contributed by atoms with van der Waals surface area (Å²) in [5.41, 5.74) is 5.67. The molecule has 17 heavy (non-hydrogen) atoms. The summed E-state index contributed by atoms with van der Waals surface area (Å²) in [6.07, 6.45) is 2.95. The average molecular weight is 242 g/mol. The highest BCUT2D eigenvalue weighted by Gasteiger charge is 2.34. The first kappa shape index (κ1) is 14.5. The quantitative estimate of drug-likeness (QED) is 0.813. The van der Waals surface area contributed by atoms with Gasteiger partial charge in [0.15, 0.2) is 0 Å². The Labute approximate surface area is 104 Å². The van der Waals surface area contributed by atoms with Gasteiger partial charge in [-0.15, -0.1) is 0 Å². The van der Waals surface area contributed by atoms with Crippen molar-refractivity contribution in [3.8, 4) is 0 Å². The number of amides is 1. The fraction of sp³-hybridized carbons (Fsp3) is 0.923. The molecule has 0 bridgehead atoms. The normalized spacial score (nSPS) is 25.7. The summed E-state index contributed by atoms with van der Waals surface area (Å²) in [6, 6.07) is -0.351. The number of nitrogens with zero attached hydrogens (tertiary/aromatic N) is 1.